The Bertz CT molecular complexity index is 392. The lowest BCUT2D eigenvalue weighted by atomic mass is 9.78. The summed E-state index contributed by atoms with van der Waals surface area (Å²) >= 11 is 0. The minimum atomic E-state index is -0.798. The van der Waals surface area contributed by atoms with Crippen LogP contribution in [-0.2, 0) is 5.60 Å². The summed E-state index contributed by atoms with van der Waals surface area (Å²) in [5.41, 5.74) is 0.149. The van der Waals surface area contributed by atoms with Crippen LogP contribution in [0.2, 0.25) is 0 Å². The van der Waals surface area contributed by atoms with Gasteiger partial charge in [0.25, 0.3) is 0 Å². The zero-order valence-corrected chi connectivity index (χ0v) is 12.8. The molecule has 0 heterocycles. The molecule has 0 radical (unpaired) electrons. The van der Waals surface area contributed by atoms with Gasteiger partial charge in [0.15, 0.2) is 0 Å². The Balaban J connectivity index is 3.08. The molecule has 0 saturated heterocycles. The average molecular weight is 265 g/mol. The van der Waals surface area contributed by atoms with E-state index in [1.165, 1.54) is 0 Å². The smallest absolute Gasteiger partial charge is 0.119 e. The van der Waals surface area contributed by atoms with Gasteiger partial charge in [0.05, 0.1) is 12.7 Å². The normalized spacial score (nSPS) is 16.2. The second-order valence-corrected chi connectivity index (χ2v) is 5.57. The summed E-state index contributed by atoms with van der Waals surface area (Å²) in [4.78, 5) is 2.12. The van der Waals surface area contributed by atoms with Crippen LogP contribution in [0.25, 0.3) is 0 Å². The van der Waals surface area contributed by atoms with Gasteiger partial charge < -0.3 is 14.7 Å². The van der Waals surface area contributed by atoms with Crippen molar-refractivity contribution < 1.29 is 9.84 Å². The maximum atomic E-state index is 11.1. The highest BCUT2D eigenvalue weighted by atomic mass is 16.5. The van der Waals surface area contributed by atoms with Crippen LogP contribution in [0, 0.1) is 5.92 Å². The van der Waals surface area contributed by atoms with Gasteiger partial charge in [-0.3, -0.25) is 0 Å². The Kier molecular flexibility index (Phi) is 5.83. The van der Waals surface area contributed by atoms with Crippen molar-refractivity contribution in [2.45, 2.75) is 32.3 Å². The van der Waals surface area contributed by atoms with Crippen molar-refractivity contribution in [1.82, 2.24) is 4.90 Å². The quantitative estimate of drug-likeness (QED) is 0.823. The number of rotatable bonds is 7. The first-order valence-corrected chi connectivity index (χ1v) is 6.95. The number of hydrogen-bond donors (Lipinski definition) is 1. The molecule has 0 aliphatic rings. The predicted molar refractivity (Wildman–Crippen MR) is 79.5 cm³/mol. The number of aliphatic hydroxyl groups is 1. The Morgan fingerprint density at radius 2 is 2.05 bits per heavy atom. The molecular weight excluding hydrogens is 238 g/mol. The van der Waals surface area contributed by atoms with Crippen LogP contribution in [0.15, 0.2) is 24.3 Å². The van der Waals surface area contributed by atoms with Gasteiger partial charge in [-0.1, -0.05) is 32.4 Å². The zero-order chi connectivity index (χ0) is 14.5. The van der Waals surface area contributed by atoms with Gasteiger partial charge in [0, 0.05) is 12.5 Å². The summed E-state index contributed by atoms with van der Waals surface area (Å²) in [7, 11) is 5.73. The maximum absolute atomic E-state index is 11.1. The predicted octanol–water partition coefficient (Wildman–Crippen LogP) is 2.88. The minimum Gasteiger partial charge on any atom is -0.497 e. The summed E-state index contributed by atoms with van der Waals surface area (Å²) in [6.07, 6.45) is 1.71. The van der Waals surface area contributed by atoms with E-state index in [4.69, 9.17) is 4.74 Å². The molecule has 19 heavy (non-hydrogen) atoms. The molecule has 3 heteroatoms. The standard InChI is InChI=1S/C16H27NO2/c1-6-10-16(18,13(2)12-17(3)4)14-8-7-9-15(11-14)19-5/h7-9,11,13,18H,6,10,12H2,1-5H3. The first-order chi connectivity index (χ1) is 8.93. The molecule has 0 fully saturated rings. The molecule has 0 amide bonds. The fourth-order valence-electron chi connectivity index (χ4n) is 2.65. The number of methoxy groups -OCH3 is 1. The van der Waals surface area contributed by atoms with Crippen LogP contribution in [0.4, 0.5) is 0 Å². The van der Waals surface area contributed by atoms with Crippen LogP contribution in [0.3, 0.4) is 0 Å². The highest BCUT2D eigenvalue weighted by Gasteiger charge is 2.35. The SMILES string of the molecule is CCCC(O)(c1cccc(OC)c1)C(C)CN(C)C. The number of benzene rings is 1. The number of nitrogens with zero attached hydrogens (tertiary/aromatic N) is 1. The van der Waals surface area contributed by atoms with Gasteiger partial charge in [-0.15, -0.1) is 0 Å². The van der Waals surface area contributed by atoms with Crippen molar-refractivity contribution >= 4 is 0 Å². The van der Waals surface area contributed by atoms with Gasteiger partial charge in [0.2, 0.25) is 0 Å². The van der Waals surface area contributed by atoms with Crippen LogP contribution in [0.5, 0.6) is 5.75 Å². The van der Waals surface area contributed by atoms with Crippen molar-refractivity contribution in [3.63, 3.8) is 0 Å². The van der Waals surface area contributed by atoms with Gasteiger partial charge in [-0.2, -0.15) is 0 Å². The summed E-state index contributed by atoms with van der Waals surface area (Å²) < 4.78 is 5.27. The molecule has 0 aromatic heterocycles. The van der Waals surface area contributed by atoms with Gasteiger partial charge in [-0.25, -0.2) is 0 Å². The van der Waals surface area contributed by atoms with E-state index in [0.29, 0.717) is 0 Å². The molecule has 1 aromatic rings. The molecule has 0 bridgehead atoms. The van der Waals surface area contributed by atoms with Crippen LogP contribution >= 0.6 is 0 Å². The van der Waals surface area contributed by atoms with E-state index in [0.717, 1.165) is 30.7 Å². The summed E-state index contributed by atoms with van der Waals surface area (Å²) in [6, 6.07) is 7.79. The molecule has 0 saturated carbocycles. The molecule has 0 aliphatic heterocycles. The van der Waals surface area contributed by atoms with Crippen molar-refractivity contribution in [2.75, 3.05) is 27.7 Å². The van der Waals surface area contributed by atoms with E-state index in [2.05, 4.69) is 18.7 Å². The van der Waals surface area contributed by atoms with Crippen molar-refractivity contribution in [3.05, 3.63) is 29.8 Å². The molecule has 0 spiro atoms. The molecule has 1 rings (SSSR count). The molecular formula is C16H27NO2. The van der Waals surface area contributed by atoms with E-state index < -0.39 is 5.60 Å². The average Bonchev–Trinajstić information content (AvgIpc) is 2.38. The summed E-state index contributed by atoms with van der Waals surface area (Å²) in [5.74, 6) is 0.957. The highest BCUT2D eigenvalue weighted by Crippen LogP contribution is 2.36. The Labute approximate surface area is 117 Å². The van der Waals surface area contributed by atoms with Crippen LogP contribution < -0.4 is 4.74 Å². The second-order valence-electron chi connectivity index (χ2n) is 5.57. The first kappa shape index (κ1) is 16.0. The summed E-state index contributed by atoms with van der Waals surface area (Å²) in [5, 5.41) is 11.1. The van der Waals surface area contributed by atoms with Crippen LogP contribution in [0.1, 0.15) is 32.3 Å². The van der Waals surface area contributed by atoms with Crippen molar-refractivity contribution in [1.29, 1.82) is 0 Å². The molecule has 2 unspecified atom stereocenters. The van der Waals surface area contributed by atoms with Crippen LogP contribution in [-0.4, -0.2) is 37.8 Å². The molecule has 0 aliphatic carbocycles. The molecule has 2 atom stereocenters. The van der Waals surface area contributed by atoms with E-state index in [1.807, 2.05) is 38.4 Å². The molecule has 1 N–H and O–H groups in total. The van der Waals surface area contributed by atoms with Crippen molar-refractivity contribution in [2.24, 2.45) is 5.92 Å². The molecule has 1 aromatic carbocycles. The fourth-order valence-corrected chi connectivity index (χ4v) is 2.65. The highest BCUT2D eigenvalue weighted by molar-refractivity contribution is 5.32. The second kappa shape index (κ2) is 6.92. The molecule has 3 nitrogen and oxygen atoms in total. The maximum Gasteiger partial charge on any atom is 0.119 e. The molecule has 108 valence electrons. The zero-order valence-electron chi connectivity index (χ0n) is 12.8. The third-order valence-corrected chi connectivity index (χ3v) is 3.66. The largest absolute Gasteiger partial charge is 0.497 e. The lowest BCUT2D eigenvalue weighted by Crippen LogP contribution is -2.39. The fraction of sp³-hybridized carbons (Fsp3) is 0.625. The van der Waals surface area contributed by atoms with Gasteiger partial charge in [0.1, 0.15) is 5.75 Å². The Hall–Kier alpha value is -1.06. The number of hydrogen-bond acceptors (Lipinski definition) is 3. The lowest BCUT2D eigenvalue weighted by molar-refractivity contribution is -0.0340. The minimum absolute atomic E-state index is 0.162. The Morgan fingerprint density at radius 3 is 2.58 bits per heavy atom. The third kappa shape index (κ3) is 3.95. The van der Waals surface area contributed by atoms with Gasteiger partial charge in [-0.05, 0) is 38.2 Å². The van der Waals surface area contributed by atoms with E-state index in [1.54, 1.807) is 7.11 Å². The van der Waals surface area contributed by atoms with E-state index >= 15 is 0 Å². The van der Waals surface area contributed by atoms with Crippen molar-refractivity contribution in [3.8, 4) is 5.75 Å². The van der Waals surface area contributed by atoms with E-state index in [-0.39, 0.29) is 5.92 Å². The first-order valence-electron chi connectivity index (χ1n) is 6.95. The monoisotopic (exact) mass is 265 g/mol. The van der Waals surface area contributed by atoms with E-state index in [9.17, 15) is 5.11 Å². The number of ether oxygens (including phenoxy) is 1. The third-order valence-electron chi connectivity index (χ3n) is 3.66. The Morgan fingerprint density at radius 1 is 1.37 bits per heavy atom. The topological polar surface area (TPSA) is 32.7 Å². The summed E-state index contributed by atoms with van der Waals surface area (Å²) in [6.45, 7) is 5.07. The lowest BCUT2D eigenvalue weighted by Gasteiger charge is -2.36. The van der Waals surface area contributed by atoms with Gasteiger partial charge >= 0.3 is 0 Å².